The lowest BCUT2D eigenvalue weighted by molar-refractivity contribution is -0.143. The van der Waals surface area contributed by atoms with Gasteiger partial charge in [-0.3, -0.25) is 14.6 Å². The topological polar surface area (TPSA) is 62.3 Å². The number of nitrogens with one attached hydrogen (secondary N) is 1. The van der Waals surface area contributed by atoms with Crippen LogP contribution >= 0.6 is 0 Å². The SMILES string of the molecule is Cc1ccccc1[C@H]1C[C@@H](C)N(C(=O)C(=O)Nc2cccnc2)C1. The molecule has 0 unspecified atom stereocenters. The fourth-order valence-corrected chi connectivity index (χ4v) is 3.34. The van der Waals surface area contributed by atoms with Crippen LogP contribution in [0.1, 0.15) is 30.4 Å². The molecule has 1 aliphatic rings. The number of nitrogens with zero attached hydrogens (tertiary/aromatic N) is 2. The molecule has 0 radical (unpaired) electrons. The van der Waals surface area contributed by atoms with Gasteiger partial charge in [0.15, 0.2) is 0 Å². The van der Waals surface area contributed by atoms with Crippen molar-refractivity contribution in [2.45, 2.75) is 32.2 Å². The number of amides is 2. The molecule has 1 aliphatic heterocycles. The molecule has 1 aromatic heterocycles. The highest BCUT2D eigenvalue weighted by Crippen LogP contribution is 2.33. The van der Waals surface area contributed by atoms with E-state index >= 15 is 0 Å². The van der Waals surface area contributed by atoms with Crippen LogP contribution in [0.4, 0.5) is 5.69 Å². The molecule has 2 heterocycles. The molecule has 3 rings (SSSR count). The van der Waals surface area contributed by atoms with Crippen molar-refractivity contribution in [1.82, 2.24) is 9.88 Å². The summed E-state index contributed by atoms with van der Waals surface area (Å²) in [5.74, 6) is -0.820. The predicted molar refractivity (Wildman–Crippen MR) is 92.6 cm³/mol. The van der Waals surface area contributed by atoms with Crippen LogP contribution in [-0.4, -0.2) is 34.3 Å². The first-order valence-electron chi connectivity index (χ1n) is 8.13. The molecule has 0 bridgehead atoms. The van der Waals surface area contributed by atoms with Gasteiger partial charge in [0, 0.05) is 24.7 Å². The van der Waals surface area contributed by atoms with E-state index < -0.39 is 11.8 Å². The first kappa shape index (κ1) is 16.2. The van der Waals surface area contributed by atoms with Gasteiger partial charge < -0.3 is 10.2 Å². The zero-order chi connectivity index (χ0) is 17.1. The van der Waals surface area contributed by atoms with Gasteiger partial charge in [-0.2, -0.15) is 0 Å². The molecule has 5 nitrogen and oxygen atoms in total. The highest BCUT2D eigenvalue weighted by Gasteiger charge is 2.36. The van der Waals surface area contributed by atoms with Crippen molar-refractivity contribution < 1.29 is 9.59 Å². The minimum atomic E-state index is -0.611. The number of likely N-dealkylation sites (tertiary alicyclic amines) is 1. The molecule has 124 valence electrons. The van der Waals surface area contributed by atoms with E-state index in [0.29, 0.717) is 12.2 Å². The number of anilines is 1. The molecule has 0 saturated carbocycles. The largest absolute Gasteiger partial charge is 0.331 e. The zero-order valence-electron chi connectivity index (χ0n) is 13.9. The lowest BCUT2D eigenvalue weighted by atomic mass is 9.93. The Morgan fingerprint density at radius 2 is 2.00 bits per heavy atom. The summed E-state index contributed by atoms with van der Waals surface area (Å²) in [7, 11) is 0. The van der Waals surface area contributed by atoms with Crippen molar-refractivity contribution in [3.8, 4) is 0 Å². The third kappa shape index (κ3) is 3.30. The Kier molecular flexibility index (Phi) is 4.60. The molecule has 1 saturated heterocycles. The minimum Gasteiger partial charge on any atom is -0.331 e. The average Bonchev–Trinajstić information content (AvgIpc) is 2.97. The van der Waals surface area contributed by atoms with E-state index in [0.717, 1.165) is 6.42 Å². The fourth-order valence-electron chi connectivity index (χ4n) is 3.34. The van der Waals surface area contributed by atoms with Gasteiger partial charge >= 0.3 is 11.8 Å². The maximum absolute atomic E-state index is 12.5. The third-order valence-electron chi connectivity index (χ3n) is 4.58. The Hall–Kier alpha value is -2.69. The van der Waals surface area contributed by atoms with Crippen LogP contribution in [0.2, 0.25) is 0 Å². The quantitative estimate of drug-likeness (QED) is 0.864. The van der Waals surface area contributed by atoms with Crippen molar-refractivity contribution in [3.63, 3.8) is 0 Å². The molecule has 0 spiro atoms. The Morgan fingerprint density at radius 1 is 1.21 bits per heavy atom. The van der Waals surface area contributed by atoms with Crippen molar-refractivity contribution in [2.24, 2.45) is 0 Å². The van der Waals surface area contributed by atoms with E-state index in [1.165, 1.54) is 17.3 Å². The van der Waals surface area contributed by atoms with Crippen molar-refractivity contribution in [3.05, 3.63) is 59.9 Å². The Labute approximate surface area is 141 Å². The van der Waals surface area contributed by atoms with E-state index in [1.54, 1.807) is 23.2 Å². The summed E-state index contributed by atoms with van der Waals surface area (Å²) in [6.07, 6.45) is 4.01. The average molecular weight is 323 g/mol. The van der Waals surface area contributed by atoms with Gasteiger partial charge in [-0.25, -0.2) is 0 Å². The predicted octanol–water partition coefficient (Wildman–Crippen LogP) is 2.73. The molecule has 2 amide bonds. The van der Waals surface area contributed by atoms with Crippen LogP contribution in [0, 0.1) is 6.92 Å². The molecule has 2 atom stereocenters. The number of aromatic nitrogens is 1. The smallest absolute Gasteiger partial charge is 0.313 e. The van der Waals surface area contributed by atoms with Gasteiger partial charge in [-0.05, 0) is 43.5 Å². The summed E-state index contributed by atoms with van der Waals surface area (Å²) in [5, 5.41) is 2.61. The van der Waals surface area contributed by atoms with Gasteiger partial charge in [0.1, 0.15) is 0 Å². The minimum absolute atomic E-state index is 0.0433. The van der Waals surface area contributed by atoms with Crippen LogP contribution in [0.5, 0.6) is 0 Å². The van der Waals surface area contributed by atoms with Crippen LogP contribution < -0.4 is 5.32 Å². The molecule has 1 aromatic carbocycles. The first-order valence-corrected chi connectivity index (χ1v) is 8.13. The van der Waals surface area contributed by atoms with Crippen LogP contribution in [-0.2, 0) is 9.59 Å². The molecule has 5 heteroatoms. The number of aryl methyl sites for hydroxylation is 1. The van der Waals surface area contributed by atoms with E-state index in [4.69, 9.17) is 0 Å². The molecular formula is C19H21N3O2. The Morgan fingerprint density at radius 3 is 2.71 bits per heavy atom. The number of rotatable bonds is 2. The second kappa shape index (κ2) is 6.83. The summed E-state index contributed by atoms with van der Waals surface area (Å²) in [6, 6.07) is 11.7. The fraction of sp³-hybridized carbons (Fsp3) is 0.316. The van der Waals surface area contributed by atoms with Gasteiger partial charge in [-0.1, -0.05) is 24.3 Å². The zero-order valence-corrected chi connectivity index (χ0v) is 13.9. The summed E-state index contributed by atoms with van der Waals surface area (Å²) in [5.41, 5.74) is 3.01. The maximum atomic E-state index is 12.5. The molecular weight excluding hydrogens is 302 g/mol. The lowest BCUT2D eigenvalue weighted by Crippen LogP contribution is -2.41. The third-order valence-corrected chi connectivity index (χ3v) is 4.58. The van der Waals surface area contributed by atoms with Gasteiger partial charge in [0.25, 0.3) is 0 Å². The van der Waals surface area contributed by atoms with Gasteiger partial charge in [-0.15, -0.1) is 0 Å². The summed E-state index contributed by atoms with van der Waals surface area (Å²) in [4.78, 5) is 30.3. The molecule has 24 heavy (non-hydrogen) atoms. The number of pyridine rings is 1. The lowest BCUT2D eigenvalue weighted by Gasteiger charge is -2.20. The number of hydrogen-bond donors (Lipinski definition) is 1. The highest BCUT2D eigenvalue weighted by molar-refractivity contribution is 6.39. The molecule has 0 aliphatic carbocycles. The normalized spacial score (nSPS) is 20.0. The molecule has 2 aromatic rings. The van der Waals surface area contributed by atoms with Crippen molar-refractivity contribution in [1.29, 1.82) is 0 Å². The van der Waals surface area contributed by atoms with Crippen LogP contribution in [0.3, 0.4) is 0 Å². The highest BCUT2D eigenvalue weighted by atomic mass is 16.2. The molecule has 1 N–H and O–H groups in total. The van der Waals surface area contributed by atoms with E-state index in [1.807, 2.05) is 19.1 Å². The van der Waals surface area contributed by atoms with E-state index in [-0.39, 0.29) is 12.0 Å². The van der Waals surface area contributed by atoms with Crippen molar-refractivity contribution in [2.75, 3.05) is 11.9 Å². The number of hydrogen-bond acceptors (Lipinski definition) is 3. The maximum Gasteiger partial charge on any atom is 0.313 e. The van der Waals surface area contributed by atoms with Crippen LogP contribution in [0.25, 0.3) is 0 Å². The van der Waals surface area contributed by atoms with Gasteiger partial charge in [0.05, 0.1) is 11.9 Å². The van der Waals surface area contributed by atoms with Crippen molar-refractivity contribution >= 4 is 17.5 Å². The standard InChI is InChI=1S/C19H21N3O2/c1-13-6-3-4-8-17(13)15-10-14(2)22(12-15)19(24)18(23)21-16-7-5-9-20-11-16/h3-9,11,14-15H,10,12H2,1-2H3,(H,21,23)/t14-,15+/m1/s1. The summed E-state index contributed by atoms with van der Waals surface area (Å²) >= 11 is 0. The summed E-state index contributed by atoms with van der Waals surface area (Å²) < 4.78 is 0. The van der Waals surface area contributed by atoms with E-state index in [2.05, 4.69) is 29.4 Å². The van der Waals surface area contributed by atoms with Gasteiger partial charge in [0.2, 0.25) is 0 Å². The van der Waals surface area contributed by atoms with Crippen LogP contribution in [0.15, 0.2) is 48.8 Å². The second-order valence-corrected chi connectivity index (χ2v) is 6.29. The summed E-state index contributed by atoms with van der Waals surface area (Å²) in [6.45, 7) is 4.65. The Bertz CT molecular complexity index is 745. The monoisotopic (exact) mass is 323 g/mol. The first-order chi connectivity index (χ1) is 11.6. The number of carbonyl (C=O) groups is 2. The second-order valence-electron chi connectivity index (χ2n) is 6.29. The number of benzene rings is 1. The Balaban J connectivity index is 1.69. The number of carbonyl (C=O) groups excluding carboxylic acids is 2. The molecule has 1 fully saturated rings. The van der Waals surface area contributed by atoms with E-state index in [9.17, 15) is 9.59 Å².